The van der Waals surface area contributed by atoms with Gasteiger partial charge in [-0.15, -0.1) is 0 Å². The van der Waals surface area contributed by atoms with Crippen molar-refractivity contribution in [1.29, 1.82) is 0 Å². The molecular weight excluding hydrogens is 257 g/mol. The van der Waals surface area contributed by atoms with Gasteiger partial charge in [0.1, 0.15) is 5.69 Å². The second kappa shape index (κ2) is 5.35. The quantitative estimate of drug-likeness (QED) is 0.791. The number of alkyl halides is 3. The lowest BCUT2D eigenvalue weighted by molar-refractivity contribution is -0.183. The summed E-state index contributed by atoms with van der Waals surface area (Å²) in [7, 11) is 0. The van der Waals surface area contributed by atoms with Crippen molar-refractivity contribution in [3.05, 3.63) is 18.0 Å². The molecule has 0 aliphatic heterocycles. The maximum Gasteiger partial charge on any atom is 0.391 e. The van der Waals surface area contributed by atoms with Gasteiger partial charge in [-0.2, -0.15) is 18.3 Å². The molecule has 0 amide bonds. The fourth-order valence-electron chi connectivity index (χ4n) is 2.69. The van der Waals surface area contributed by atoms with Gasteiger partial charge in [-0.3, -0.25) is 9.48 Å². The molecule has 19 heavy (non-hydrogen) atoms. The summed E-state index contributed by atoms with van der Waals surface area (Å²) in [6, 6.07) is 1.64. The van der Waals surface area contributed by atoms with Crippen molar-refractivity contribution in [1.82, 2.24) is 9.78 Å². The van der Waals surface area contributed by atoms with Gasteiger partial charge < -0.3 is 0 Å². The highest BCUT2D eigenvalue weighted by molar-refractivity contribution is 5.96. The van der Waals surface area contributed by atoms with Crippen LogP contribution >= 0.6 is 0 Å². The molecule has 3 nitrogen and oxygen atoms in total. The minimum Gasteiger partial charge on any atom is -0.292 e. The van der Waals surface area contributed by atoms with Crippen LogP contribution in [0.5, 0.6) is 0 Å². The van der Waals surface area contributed by atoms with Gasteiger partial charge in [0.2, 0.25) is 0 Å². The third-order valence-corrected chi connectivity index (χ3v) is 3.83. The van der Waals surface area contributed by atoms with Gasteiger partial charge in [-0.1, -0.05) is 0 Å². The Morgan fingerprint density at radius 3 is 2.53 bits per heavy atom. The largest absolute Gasteiger partial charge is 0.391 e. The molecule has 1 fully saturated rings. The highest BCUT2D eigenvalue weighted by Crippen LogP contribution is 2.40. The number of halogens is 3. The van der Waals surface area contributed by atoms with Crippen LogP contribution in [-0.4, -0.2) is 21.7 Å². The Balaban J connectivity index is 2.00. The smallest absolute Gasteiger partial charge is 0.292 e. The highest BCUT2D eigenvalue weighted by Gasteiger charge is 2.42. The normalized spacial score (nSPS) is 24.4. The van der Waals surface area contributed by atoms with Crippen LogP contribution in [0.4, 0.5) is 13.2 Å². The number of carbonyl (C=O) groups is 1. The van der Waals surface area contributed by atoms with Gasteiger partial charge in [0.25, 0.3) is 0 Å². The van der Waals surface area contributed by atoms with Crippen molar-refractivity contribution in [2.75, 3.05) is 0 Å². The van der Waals surface area contributed by atoms with Crippen molar-refractivity contribution >= 4 is 5.78 Å². The highest BCUT2D eigenvalue weighted by atomic mass is 19.4. The third kappa shape index (κ3) is 2.98. The first-order chi connectivity index (χ1) is 8.93. The Bertz CT molecular complexity index is 445. The molecule has 106 valence electrons. The van der Waals surface area contributed by atoms with Gasteiger partial charge in [-0.25, -0.2) is 0 Å². The van der Waals surface area contributed by atoms with E-state index in [-0.39, 0.29) is 24.5 Å². The summed E-state index contributed by atoms with van der Waals surface area (Å²) in [5.74, 6) is -1.60. The van der Waals surface area contributed by atoms with E-state index in [0.29, 0.717) is 25.1 Å². The molecule has 1 heterocycles. The van der Waals surface area contributed by atoms with E-state index in [0.717, 1.165) is 0 Å². The molecule has 6 heteroatoms. The lowest BCUT2D eigenvalue weighted by Gasteiger charge is -2.29. The number of hydrogen-bond acceptors (Lipinski definition) is 2. The summed E-state index contributed by atoms with van der Waals surface area (Å²) in [6.45, 7) is 2.47. The monoisotopic (exact) mass is 274 g/mol. The Hall–Kier alpha value is -1.33. The topological polar surface area (TPSA) is 34.9 Å². The minimum absolute atomic E-state index is 0.0557. The second-order valence-electron chi connectivity index (χ2n) is 4.99. The van der Waals surface area contributed by atoms with Crippen LogP contribution in [0, 0.1) is 11.8 Å². The number of nitrogens with zero attached hydrogens (tertiary/aromatic N) is 2. The Kier molecular flexibility index (Phi) is 3.96. The molecule has 0 unspecified atom stereocenters. The van der Waals surface area contributed by atoms with E-state index in [4.69, 9.17) is 0 Å². The molecule has 1 aromatic rings. The van der Waals surface area contributed by atoms with Crippen LogP contribution in [-0.2, 0) is 6.54 Å². The summed E-state index contributed by atoms with van der Waals surface area (Å²) in [5, 5.41) is 4.02. The molecule has 0 aromatic carbocycles. The first-order valence-corrected chi connectivity index (χ1v) is 6.56. The molecule has 0 N–H and O–H groups in total. The maximum atomic E-state index is 12.6. The predicted molar refractivity (Wildman–Crippen MR) is 63.7 cm³/mol. The first kappa shape index (κ1) is 14.1. The molecule has 2 rings (SSSR count). The Morgan fingerprint density at radius 1 is 1.37 bits per heavy atom. The molecule has 1 aromatic heterocycles. The zero-order chi connectivity index (χ0) is 14.0. The number of aromatic nitrogens is 2. The molecular formula is C13H17F3N2O. The van der Waals surface area contributed by atoms with Crippen LogP contribution < -0.4 is 0 Å². The minimum atomic E-state index is -4.13. The number of hydrogen-bond donors (Lipinski definition) is 0. The summed E-state index contributed by atoms with van der Waals surface area (Å²) in [5.41, 5.74) is 0.512. The average molecular weight is 274 g/mol. The van der Waals surface area contributed by atoms with Crippen molar-refractivity contribution < 1.29 is 18.0 Å². The molecule has 0 bridgehead atoms. The molecule has 0 spiro atoms. The van der Waals surface area contributed by atoms with E-state index in [9.17, 15) is 18.0 Å². The summed E-state index contributed by atoms with van der Waals surface area (Å²) in [6.07, 6.45) is -1.83. The first-order valence-electron chi connectivity index (χ1n) is 6.56. The molecule has 1 aliphatic rings. The van der Waals surface area contributed by atoms with Crippen molar-refractivity contribution in [3.63, 3.8) is 0 Å². The molecule has 1 saturated carbocycles. The van der Waals surface area contributed by atoms with E-state index in [1.54, 1.807) is 16.9 Å². The zero-order valence-corrected chi connectivity index (χ0v) is 10.8. The summed E-state index contributed by atoms with van der Waals surface area (Å²) < 4.78 is 39.3. The van der Waals surface area contributed by atoms with E-state index in [1.807, 2.05) is 6.92 Å². The number of Topliss-reactive ketones (excluding diaryl/α,β-unsaturated/α-hetero) is 1. The van der Waals surface area contributed by atoms with Crippen LogP contribution in [0.25, 0.3) is 0 Å². The second-order valence-corrected chi connectivity index (χ2v) is 4.99. The fraction of sp³-hybridized carbons (Fsp3) is 0.692. The molecule has 0 saturated heterocycles. The van der Waals surface area contributed by atoms with Crippen molar-refractivity contribution in [2.24, 2.45) is 11.8 Å². The van der Waals surface area contributed by atoms with Crippen LogP contribution in [0.1, 0.15) is 43.1 Å². The fourth-order valence-corrected chi connectivity index (χ4v) is 2.69. The van der Waals surface area contributed by atoms with Crippen molar-refractivity contribution in [3.8, 4) is 0 Å². The Morgan fingerprint density at radius 2 is 2.00 bits per heavy atom. The van der Waals surface area contributed by atoms with Gasteiger partial charge in [0, 0.05) is 18.7 Å². The van der Waals surface area contributed by atoms with Gasteiger partial charge in [0.15, 0.2) is 5.78 Å². The van der Waals surface area contributed by atoms with E-state index in [1.165, 1.54) is 0 Å². The SMILES string of the molecule is CCn1nccc1C(=O)C1CCC(C(F)(F)F)CC1. The van der Waals surface area contributed by atoms with Gasteiger partial charge >= 0.3 is 6.18 Å². The van der Waals surface area contributed by atoms with E-state index >= 15 is 0 Å². The van der Waals surface area contributed by atoms with Crippen LogP contribution in [0.15, 0.2) is 12.3 Å². The summed E-state index contributed by atoms with van der Waals surface area (Å²) >= 11 is 0. The van der Waals surface area contributed by atoms with E-state index < -0.39 is 12.1 Å². The van der Waals surface area contributed by atoms with Crippen molar-refractivity contribution in [2.45, 2.75) is 45.3 Å². The number of rotatable bonds is 3. The van der Waals surface area contributed by atoms with Crippen LogP contribution in [0.2, 0.25) is 0 Å². The maximum absolute atomic E-state index is 12.6. The number of aryl methyl sites for hydroxylation is 1. The lowest BCUT2D eigenvalue weighted by Crippen LogP contribution is -2.31. The van der Waals surface area contributed by atoms with Gasteiger partial charge in [0.05, 0.1) is 5.92 Å². The van der Waals surface area contributed by atoms with E-state index in [2.05, 4.69) is 5.10 Å². The standard InChI is InChI=1S/C13H17F3N2O/c1-2-18-11(7-8-17-18)12(19)9-3-5-10(6-4-9)13(14,15)16/h7-10H,2-6H2,1H3. The summed E-state index contributed by atoms with van der Waals surface area (Å²) in [4.78, 5) is 12.3. The number of ketones is 1. The number of carbonyl (C=O) groups excluding carboxylic acids is 1. The average Bonchev–Trinajstić information content (AvgIpc) is 2.85. The third-order valence-electron chi connectivity index (χ3n) is 3.83. The Labute approximate surface area is 109 Å². The molecule has 0 radical (unpaired) electrons. The molecule has 0 atom stereocenters. The lowest BCUT2D eigenvalue weighted by atomic mass is 9.79. The van der Waals surface area contributed by atoms with Crippen LogP contribution in [0.3, 0.4) is 0 Å². The predicted octanol–water partition coefficient (Wildman–Crippen LogP) is 3.45. The van der Waals surface area contributed by atoms with Gasteiger partial charge in [-0.05, 0) is 38.7 Å². The molecule has 1 aliphatic carbocycles. The zero-order valence-electron chi connectivity index (χ0n) is 10.8.